The fourth-order valence-corrected chi connectivity index (χ4v) is 3.96. The maximum absolute atomic E-state index is 12.3. The monoisotopic (exact) mass is 351 g/mol. The van der Waals surface area contributed by atoms with E-state index in [1.807, 2.05) is 0 Å². The van der Waals surface area contributed by atoms with Gasteiger partial charge in [-0.25, -0.2) is 13.1 Å². The molecule has 1 fully saturated rings. The van der Waals surface area contributed by atoms with Gasteiger partial charge in [0.05, 0.1) is 4.90 Å². The van der Waals surface area contributed by atoms with Gasteiger partial charge in [0, 0.05) is 24.7 Å². The largest absolute Gasteiger partial charge is 0.350 e. The van der Waals surface area contributed by atoms with Crippen LogP contribution in [0, 0.1) is 0 Å². The zero-order valence-corrected chi connectivity index (χ0v) is 14.8. The number of nitrogens with one attached hydrogen (secondary N) is 2. The first-order valence-corrected chi connectivity index (χ1v) is 9.69. The second-order valence-corrected chi connectivity index (χ2v) is 7.57. The molecule has 24 heavy (non-hydrogen) atoms. The molecule has 0 spiro atoms. The van der Waals surface area contributed by atoms with Crippen molar-refractivity contribution in [2.24, 2.45) is 0 Å². The van der Waals surface area contributed by atoms with E-state index in [0.717, 1.165) is 25.9 Å². The summed E-state index contributed by atoms with van der Waals surface area (Å²) >= 11 is 0. The lowest BCUT2D eigenvalue weighted by atomic mass is 10.2. The predicted molar refractivity (Wildman–Crippen MR) is 94.4 cm³/mol. The van der Waals surface area contributed by atoms with Gasteiger partial charge in [0.2, 0.25) is 10.0 Å². The van der Waals surface area contributed by atoms with Gasteiger partial charge in [0.25, 0.3) is 5.91 Å². The molecule has 132 valence electrons. The van der Waals surface area contributed by atoms with Gasteiger partial charge in [0.1, 0.15) is 0 Å². The molecule has 0 aliphatic carbocycles. The molecule has 0 bridgehead atoms. The van der Waals surface area contributed by atoms with Crippen LogP contribution in [0.15, 0.2) is 41.8 Å². The number of likely N-dealkylation sites (N-methyl/N-ethyl adjacent to an activating group) is 1. The van der Waals surface area contributed by atoms with Crippen LogP contribution in [0.5, 0.6) is 0 Å². The summed E-state index contributed by atoms with van der Waals surface area (Å²) in [6, 6.07) is 6.42. The van der Waals surface area contributed by atoms with E-state index in [4.69, 9.17) is 0 Å². The van der Waals surface area contributed by atoms with Crippen LogP contribution >= 0.6 is 0 Å². The molecule has 2 rings (SSSR count). The quantitative estimate of drug-likeness (QED) is 0.693. The van der Waals surface area contributed by atoms with E-state index in [1.165, 1.54) is 18.2 Å². The molecule has 1 unspecified atom stereocenters. The Morgan fingerprint density at radius 2 is 2.25 bits per heavy atom. The fourth-order valence-electron chi connectivity index (χ4n) is 2.91. The molecular weight excluding hydrogens is 326 g/mol. The lowest BCUT2D eigenvalue weighted by molar-refractivity contribution is 0.0941. The Morgan fingerprint density at radius 1 is 1.46 bits per heavy atom. The van der Waals surface area contributed by atoms with Crippen LogP contribution in [0.1, 0.15) is 30.1 Å². The lowest BCUT2D eigenvalue weighted by Gasteiger charge is -2.22. The number of rotatable bonds is 8. The fraction of sp³-hybridized carbons (Fsp3) is 0.471. The Bertz CT molecular complexity index is 688. The van der Waals surface area contributed by atoms with Crippen LogP contribution in [0.2, 0.25) is 0 Å². The molecule has 1 aliphatic heterocycles. The average Bonchev–Trinajstić information content (AvgIpc) is 3.05. The molecule has 1 aliphatic rings. The second-order valence-electron chi connectivity index (χ2n) is 5.80. The molecule has 1 aromatic carbocycles. The number of benzene rings is 1. The molecule has 2 N–H and O–H groups in total. The number of hydrogen-bond donors (Lipinski definition) is 2. The van der Waals surface area contributed by atoms with Crippen molar-refractivity contribution in [1.82, 2.24) is 14.9 Å². The highest BCUT2D eigenvalue weighted by Crippen LogP contribution is 2.16. The van der Waals surface area contributed by atoms with Gasteiger partial charge in [-0.3, -0.25) is 9.69 Å². The molecule has 1 saturated heterocycles. The van der Waals surface area contributed by atoms with Crippen molar-refractivity contribution in [2.75, 3.05) is 26.2 Å². The van der Waals surface area contributed by atoms with Crippen LogP contribution in [0.4, 0.5) is 0 Å². The number of carbonyl (C=O) groups is 1. The van der Waals surface area contributed by atoms with Gasteiger partial charge >= 0.3 is 0 Å². The molecule has 6 nitrogen and oxygen atoms in total. The van der Waals surface area contributed by atoms with Gasteiger partial charge < -0.3 is 5.32 Å². The van der Waals surface area contributed by atoms with Crippen LogP contribution in [0.3, 0.4) is 0 Å². The molecule has 0 aromatic heterocycles. The van der Waals surface area contributed by atoms with Gasteiger partial charge in [-0.15, -0.1) is 6.58 Å². The first-order valence-electron chi connectivity index (χ1n) is 8.20. The number of sulfonamides is 1. The standard InChI is InChI=1S/C17H25N3O3S/c1-3-10-19-24(22,23)16-9-5-7-14(12-16)17(21)18-13-15-8-6-11-20(15)4-2/h3,5,7,9,12,15,19H,1,4,6,8,10-11,13H2,2H3,(H,18,21). The van der Waals surface area contributed by atoms with Crippen molar-refractivity contribution >= 4 is 15.9 Å². The van der Waals surface area contributed by atoms with E-state index in [-0.39, 0.29) is 17.3 Å². The van der Waals surface area contributed by atoms with E-state index in [9.17, 15) is 13.2 Å². The Balaban J connectivity index is 2.02. The van der Waals surface area contributed by atoms with Crippen molar-refractivity contribution in [3.8, 4) is 0 Å². The summed E-state index contributed by atoms with van der Waals surface area (Å²) in [7, 11) is -3.63. The van der Waals surface area contributed by atoms with Crippen molar-refractivity contribution in [3.05, 3.63) is 42.5 Å². The number of carbonyl (C=O) groups excluding carboxylic acids is 1. The van der Waals surface area contributed by atoms with E-state index in [1.54, 1.807) is 12.1 Å². The number of amides is 1. The highest BCUT2D eigenvalue weighted by molar-refractivity contribution is 7.89. The van der Waals surface area contributed by atoms with Crippen LogP contribution in [-0.4, -0.2) is 51.4 Å². The maximum atomic E-state index is 12.3. The number of hydrogen-bond acceptors (Lipinski definition) is 4. The Morgan fingerprint density at radius 3 is 2.96 bits per heavy atom. The third kappa shape index (κ3) is 4.66. The lowest BCUT2D eigenvalue weighted by Crippen LogP contribution is -2.40. The first-order chi connectivity index (χ1) is 11.5. The minimum Gasteiger partial charge on any atom is -0.350 e. The molecule has 1 amide bonds. The first kappa shape index (κ1) is 18.6. The SMILES string of the molecule is C=CCNS(=O)(=O)c1cccc(C(=O)NCC2CCCN2CC)c1. The average molecular weight is 351 g/mol. The molecule has 1 atom stereocenters. The molecule has 1 heterocycles. The molecule has 0 radical (unpaired) electrons. The van der Waals surface area contributed by atoms with Crippen LogP contribution in [-0.2, 0) is 10.0 Å². The highest BCUT2D eigenvalue weighted by atomic mass is 32.2. The van der Waals surface area contributed by atoms with Gasteiger partial charge in [-0.1, -0.05) is 19.1 Å². The van der Waals surface area contributed by atoms with Gasteiger partial charge in [0.15, 0.2) is 0 Å². The van der Waals surface area contributed by atoms with E-state index >= 15 is 0 Å². The molecular formula is C17H25N3O3S. The number of nitrogens with zero attached hydrogens (tertiary/aromatic N) is 1. The second kappa shape index (κ2) is 8.41. The zero-order valence-electron chi connectivity index (χ0n) is 14.0. The Labute approximate surface area is 144 Å². The third-order valence-corrected chi connectivity index (χ3v) is 5.65. The predicted octanol–water partition coefficient (Wildman–Crippen LogP) is 1.36. The topological polar surface area (TPSA) is 78.5 Å². The smallest absolute Gasteiger partial charge is 0.251 e. The van der Waals surface area contributed by atoms with Crippen LogP contribution < -0.4 is 10.0 Å². The summed E-state index contributed by atoms with van der Waals surface area (Å²) in [5.41, 5.74) is 0.345. The molecule has 1 aromatic rings. The minimum absolute atomic E-state index is 0.0769. The molecule has 7 heteroatoms. The van der Waals surface area contributed by atoms with Crippen LogP contribution in [0.25, 0.3) is 0 Å². The van der Waals surface area contributed by atoms with Crippen molar-refractivity contribution < 1.29 is 13.2 Å². The normalized spacial score (nSPS) is 18.5. The summed E-state index contributed by atoms with van der Waals surface area (Å²) in [4.78, 5) is 14.8. The third-order valence-electron chi connectivity index (χ3n) is 4.23. The van der Waals surface area contributed by atoms with Crippen molar-refractivity contribution in [2.45, 2.75) is 30.7 Å². The van der Waals surface area contributed by atoms with E-state index in [2.05, 4.69) is 28.4 Å². The van der Waals surface area contributed by atoms with Gasteiger partial charge in [-0.05, 0) is 44.1 Å². The summed E-state index contributed by atoms with van der Waals surface area (Å²) in [5.74, 6) is -0.251. The summed E-state index contributed by atoms with van der Waals surface area (Å²) in [5, 5.41) is 2.92. The highest BCUT2D eigenvalue weighted by Gasteiger charge is 2.23. The Kier molecular flexibility index (Phi) is 6.53. The number of likely N-dealkylation sites (tertiary alicyclic amines) is 1. The van der Waals surface area contributed by atoms with E-state index < -0.39 is 10.0 Å². The summed E-state index contributed by atoms with van der Waals surface area (Å²) in [6.07, 6.45) is 3.69. The zero-order chi connectivity index (χ0) is 17.6. The van der Waals surface area contributed by atoms with Gasteiger partial charge in [-0.2, -0.15) is 0 Å². The van der Waals surface area contributed by atoms with Crippen molar-refractivity contribution in [3.63, 3.8) is 0 Å². The molecule has 0 saturated carbocycles. The maximum Gasteiger partial charge on any atom is 0.251 e. The van der Waals surface area contributed by atoms with Crippen molar-refractivity contribution in [1.29, 1.82) is 0 Å². The Hall–Kier alpha value is -1.70. The summed E-state index contributed by atoms with van der Waals surface area (Å²) < 4.78 is 26.6. The summed E-state index contributed by atoms with van der Waals surface area (Å²) in [6.45, 7) is 8.37. The van der Waals surface area contributed by atoms with E-state index in [0.29, 0.717) is 18.2 Å². The minimum atomic E-state index is -3.63.